The molecule has 156 valence electrons. The summed E-state index contributed by atoms with van der Waals surface area (Å²) in [6, 6.07) is 5.82. The van der Waals surface area contributed by atoms with E-state index in [4.69, 9.17) is 0 Å². The number of amides is 2. The molecule has 0 radical (unpaired) electrons. The van der Waals surface area contributed by atoms with Crippen molar-refractivity contribution in [3.8, 4) is 0 Å². The number of nitrogens with one attached hydrogen (secondary N) is 2. The maximum absolute atomic E-state index is 13.0. The van der Waals surface area contributed by atoms with Crippen LogP contribution in [0.5, 0.6) is 0 Å². The van der Waals surface area contributed by atoms with Gasteiger partial charge in [-0.05, 0) is 77.4 Å². The lowest BCUT2D eigenvalue weighted by molar-refractivity contribution is 0.0946. The molecule has 1 aliphatic heterocycles. The van der Waals surface area contributed by atoms with Crippen LogP contribution in [0.1, 0.15) is 57.2 Å². The van der Waals surface area contributed by atoms with Crippen LogP contribution in [0.3, 0.4) is 0 Å². The first-order valence-electron chi connectivity index (χ1n) is 10.3. The van der Waals surface area contributed by atoms with E-state index < -0.39 is 0 Å². The second-order valence-electron chi connectivity index (χ2n) is 7.95. The topological polar surface area (TPSA) is 79.3 Å². The normalized spacial score (nSPS) is 13.3. The highest BCUT2D eigenvalue weighted by Crippen LogP contribution is 2.23. The van der Waals surface area contributed by atoms with Crippen LogP contribution in [0.25, 0.3) is 0 Å². The molecule has 0 atom stereocenters. The minimum atomic E-state index is -0.270. The number of hydrogen-bond acceptors (Lipinski definition) is 4. The van der Waals surface area contributed by atoms with Gasteiger partial charge in [0.25, 0.3) is 11.8 Å². The Morgan fingerprint density at radius 2 is 1.97 bits per heavy atom. The second-order valence-corrected chi connectivity index (χ2v) is 7.95. The van der Waals surface area contributed by atoms with Crippen LogP contribution >= 0.6 is 0 Å². The van der Waals surface area contributed by atoms with Crippen LogP contribution in [-0.4, -0.2) is 53.5 Å². The Kier molecular flexibility index (Phi) is 6.69. The van der Waals surface area contributed by atoms with Crippen molar-refractivity contribution in [2.75, 3.05) is 32.5 Å². The van der Waals surface area contributed by atoms with Crippen LogP contribution < -0.4 is 10.6 Å². The average Bonchev–Trinajstić information content (AvgIpc) is 3.08. The fourth-order valence-electron chi connectivity index (χ4n) is 3.64. The van der Waals surface area contributed by atoms with Gasteiger partial charge in [-0.25, -0.2) is 4.98 Å². The third-order valence-corrected chi connectivity index (χ3v) is 5.46. The number of anilines is 1. The van der Waals surface area contributed by atoms with Crippen LogP contribution in [0.2, 0.25) is 0 Å². The van der Waals surface area contributed by atoms with E-state index in [-0.39, 0.29) is 11.8 Å². The summed E-state index contributed by atoms with van der Waals surface area (Å²) in [7, 11) is 4.02. The van der Waals surface area contributed by atoms with Gasteiger partial charge < -0.3 is 20.1 Å². The first-order chi connectivity index (χ1) is 13.9. The molecule has 2 heterocycles. The molecule has 0 saturated carbocycles. The number of imidazole rings is 1. The quantitative estimate of drug-likeness (QED) is 0.704. The van der Waals surface area contributed by atoms with Crippen molar-refractivity contribution in [3.63, 3.8) is 0 Å². The van der Waals surface area contributed by atoms with Crippen molar-refractivity contribution in [2.45, 2.75) is 46.1 Å². The summed E-state index contributed by atoms with van der Waals surface area (Å²) < 4.78 is 1.92. The first-order valence-corrected chi connectivity index (χ1v) is 10.3. The van der Waals surface area contributed by atoms with Gasteiger partial charge in [-0.3, -0.25) is 9.59 Å². The fourth-order valence-corrected chi connectivity index (χ4v) is 3.64. The molecule has 0 unspecified atom stereocenters. The zero-order valence-corrected chi connectivity index (χ0v) is 17.8. The second kappa shape index (κ2) is 9.22. The highest BCUT2D eigenvalue weighted by molar-refractivity contribution is 6.04. The van der Waals surface area contributed by atoms with E-state index in [0.29, 0.717) is 24.6 Å². The monoisotopic (exact) mass is 397 g/mol. The van der Waals surface area contributed by atoms with Gasteiger partial charge in [-0.15, -0.1) is 0 Å². The molecule has 2 N–H and O–H groups in total. The number of benzene rings is 1. The molecule has 1 aliphatic rings. The molecule has 0 spiro atoms. The van der Waals surface area contributed by atoms with Crippen molar-refractivity contribution in [1.82, 2.24) is 19.8 Å². The Bertz CT molecular complexity index is 901. The van der Waals surface area contributed by atoms with Crippen LogP contribution in [0.4, 0.5) is 5.69 Å². The molecule has 0 saturated heterocycles. The molecule has 3 rings (SSSR count). The number of carbonyl (C=O) groups is 2. The summed E-state index contributed by atoms with van der Waals surface area (Å²) in [5.41, 5.74) is 4.18. The highest BCUT2D eigenvalue weighted by Gasteiger charge is 2.27. The van der Waals surface area contributed by atoms with Crippen LogP contribution in [0.15, 0.2) is 18.2 Å². The van der Waals surface area contributed by atoms with E-state index in [1.54, 1.807) is 0 Å². The summed E-state index contributed by atoms with van der Waals surface area (Å²) >= 11 is 0. The van der Waals surface area contributed by atoms with E-state index in [2.05, 4.69) is 20.5 Å². The number of rotatable bonds is 7. The Hall–Kier alpha value is -2.67. The number of carbonyl (C=O) groups excluding carboxylic acids is 2. The molecule has 7 heteroatoms. The Morgan fingerprint density at radius 1 is 1.17 bits per heavy atom. The average molecular weight is 398 g/mol. The Balaban J connectivity index is 1.79. The van der Waals surface area contributed by atoms with Crippen molar-refractivity contribution in [1.29, 1.82) is 0 Å². The van der Waals surface area contributed by atoms with Gasteiger partial charge in [0.2, 0.25) is 0 Å². The molecule has 0 aliphatic carbocycles. The number of aromatic nitrogens is 2. The predicted molar refractivity (Wildman–Crippen MR) is 115 cm³/mol. The predicted octanol–water partition coefficient (Wildman–Crippen LogP) is 2.77. The van der Waals surface area contributed by atoms with Crippen molar-refractivity contribution < 1.29 is 9.59 Å². The molecule has 1 aromatic carbocycles. The van der Waals surface area contributed by atoms with E-state index in [1.807, 2.05) is 50.7 Å². The Morgan fingerprint density at radius 3 is 2.72 bits per heavy atom. The molecule has 1 aromatic heterocycles. The molecule has 0 fully saturated rings. The van der Waals surface area contributed by atoms with Crippen molar-refractivity contribution in [3.05, 3.63) is 46.5 Å². The summed E-state index contributed by atoms with van der Waals surface area (Å²) in [5, 5.41) is 5.92. The molecule has 7 nitrogen and oxygen atoms in total. The van der Waals surface area contributed by atoms with Crippen LogP contribution in [-0.2, 0) is 13.0 Å². The van der Waals surface area contributed by atoms with E-state index in [9.17, 15) is 9.59 Å². The van der Waals surface area contributed by atoms with E-state index in [1.165, 1.54) is 0 Å². The summed E-state index contributed by atoms with van der Waals surface area (Å²) in [4.78, 5) is 32.3. The van der Waals surface area contributed by atoms with Gasteiger partial charge in [-0.2, -0.15) is 0 Å². The van der Waals surface area contributed by atoms with E-state index >= 15 is 0 Å². The third kappa shape index (κ3) is 4.85. The summed E-state index contributed by atoms with van der Waals surface area (Å²) in [6.45, 7) is 6.21. The fraction of sp³-hybridized carbons (Fsp3) is 0.500. The number of nitrogens with zero attached hydrogens (tertiary/aromatic N) is 3. The standard InChI is InChI=1S/C22H31N5O2/c1-15-9-7-10-17(16(15)2)24-22(29)20-25-19(18-11-5-6-14-27(18)20)21(28)23-12-8-13-26(3)4/h7,9-10H,5-6,8,11-14H2,1-4H3,(H,23,28)(H,24,29). The summed E-state index contributed by atoms with van der Waals surface area (Å²) in [5.74, 6) is -0.146. The largest absolute Gasteiger partial charge is 0.351 e. The minimum Gasteiger partial charge on any atom is -0.351 e. The van der Waals surface area contributed by atoms with Gasteiger partial charge in [0.1, 0.15) is 5.69 Å². The lowest BCUT2D eigenvalue weighted by atomic mass is 10.1. The van der Waals surface area contributed by atoms with E-state index in [0.717, 1.165) is 54.7 Å². The van der Waals surface area contributed by atoms with Crippen molar-refractivity contribution in [2.24, 2.45) is 0 Å². The van der Waals surface area contributed by atoms with Gasteiger partial charge in [0.15, 0.2) is 5.82 Å². The van der Waals surface area contributed by atoms with Crippen molar-refractivity contribution >= 4 is 17.5 Å². The van der Waals surface area contributed by atoms with Gasteiger partial charge in [0.05, 0.1) is 5.69 Å². The smallest absolute Gasteiger partial charge is 0.291 e. The maximum atomic E-state index is 13.0. The highest BCUT2D eigenvalue weighted by atomic mass is 16.2. The lowest BCUT2D eigenvalue weighted by Gasteiger charge is -2.17. The Labute approximate surface area is 172 Å². The molecule has 0 bridgehead atoms. The molecular formula is C22H31N5O2. The van der Waals surface area contributed by atoms with Gasteiger partial charge in [0, 0.05) is 18.8 Å². The SMILES string of the molecule is Cc1cccc(NC(=O)c2nc(C(=O)NCCCN(C)C)c3n2CCCC3)c1C. The maximum Gasteiger partial charge on any atom is 0.291 e. The number of hydrogen-bond donors (Lipinski definition) is 2. The zero-order chi connectivity index (χ0) is 21.0. The molecule has 2 amide bonds. The molecule has 29 heavy (non-hydrogen) atoms. The van der Waals surface area contributed by atoms with Gasteiger partial charge >= 0.3 is 0 Å². The zero-order valence-electron chi connectivity index (χ0n) is 17.8. The molecule has 2 aromatic rings. The minimum absolute atomic E-state index is 0.194. The lowest BCUT2D eigenvalue weighted by Crippen LogP contribution is -2.28. The first kappa shape index (κ1) is 21.0. The number of aryl methyl sites for hydroxylation is 1. The van der Waals surface area contributed by atoms with Crippen LogP contribution in [0, 0.1) is 13.8 Å². The van der Waals surface area contributed by atoms with Gasteiger partial charge in [-0.1, -0.05) is 12.1 Å². The summed E-state index contributed by atoms with van der Waals surface area (Å²) in [6.07, 6.45) is 3.63. The number of fused-ring (bicyclic) bond motifs is 1. The molecular weight excluding hydrogens is 366 g/mol. The third-order valence-electron chi connectivity index (χ3n) is 5.46.